The van der Waals surface area contributed by atoms with Gasteiger partial charge >= 0.3 is 0 Å². The van der Waals surface area contributed by atoms with Crippen LogP contribution in [0.25, 0.3) is 0 Å². The fraction of sp³-hybridized carbons (Fsp3) is 0.533. The first-order valence-electron chi connectivity index (χ1n) is 6.90. The molecule has 1 fully saturated rings. The largest absolute Gasteiger partial charge is 0.396 e. The van der Waals surface area contributed by atoms with Gasteiger partial charge in [-0.25, -0.2) is 0 Å². The van der Waals surface area contributed by atoms with E-state index < -0.39 is 0 Å². The molecule has 2 rings (SSSR count). The van der Waals surface area contributed by atoms with E-state index in [2.05, 4.69) is 4.90 Å². The second-order valence-electron chi connectivity index (χ2n) is 5.45. The third-order valence-electron chi connectivity index (χ3n) is 3.72. The van der Waals surface area contributed by atoms with Crippen LogP contribution in [0.2, 0.25) is 5.02 Å². The van der Waals surface area contributed by atoms with Crippen molar-refractivity contribution in [1.82, 2.24) is 9.80 Å². The lowest BCUT2D eigenvalue weighted by Gasteiger charge is -2.21. The summed E-state index contributed by atoms with van der Waals surface area (Å²) in [6.07, 6.45) is 0.974. The molecule has 1 amide bonds. The van der Waals surface area contributed by atoms with Crippen LogP contribution in [-0.2, 0) is 11.3 Å². The van der Waals surface area contributed by atoms with E-state index in [0.29, 0.717) is 24.0 Å². The van der Waals surface area contributed by atoms with Crippen molar-refractivity contribution in [1.29, 1.82) is 0 Å². The van der Waals surface area contributed by atoms with Gasteiger partial charge in [-0.3, -0.25) is 9.69 Å². The van der Waals surface area contributed by atoms with Gasteiger partial charge in [-0.2, -0.15) is 0 Å². The van der Waals surface area contributed by atoms with Crippen LogP contribution in [0.3, 0.4) is 0 Å². The molecule has 1 unspecified atom stereocenters. The van der Waals surface area contributed by atoms with E-state index in [1.807, 2.05) is 31.3 Å². The summed E-state index contributed by atoms with van der Waals surface area (Å²) in [6, 6.07) is 7.56. The maximum absolute atomic E-state index is 12.2. The Morgan fingerprint density at radius 2 is 2.35 bits per heavy atom. The molecule has 1 heterocycles. The molecule has 1 aliphatic heterocycles. The molecular weight excluding hydrogens is 276 g/mol. The van der Waals surface area contributed by atoms with Gasteiger partial charge in [0.2, 0.25) is 5.91 Å². The summed E-state index contributed by atoms with van der Waals surface area (Å²) in [7, 11) is 1.81. The molecule has 1 N–H and O–H groups in total. The molecule has 4 nitrogen and oxygen atoms in total. The van der Waals surface area contributed by atoms with Gasteiger partial charge in [-0.15, -0.1) is 0 Å². The lowest BCUT2D eigenvalue weighted by molar-refractivity contribution is -0.131. The van der Waals surface area contributed by atoms with Gasteiger partial charge in [-0.1, -0.05) is 23.7 Å². The molecule has 1 saturated heterocycles. The molecule has 0 bridgehead atoms. The fourth-order valence-corrected chi connectivity index (χ4v) is 2.73. The molecule has 1 aromatic rings. The summed E-state index contributed by atoms with van der Waals surface area (Å²) in [5, 5.41) is 9.80. The molecule has 20 heavy (non-hydrogen) atoms. The van der Waals surface area contributed by atoms with Crippen LogP contribution in [0.5, 0.6) is 0 Å². The monoisotopic (exact) mass is 296 g/mol. The predicted molar refractivity (Wildman–Crippen MR) is 79.6 cm³/mol. The fourth-order valence-electron chi connectivity index (χ4n) is 2.51. The SMILES string of the molecule is CN(Cc1cccc(Cl)c1)C(=O)CN1CCC(CO)C1. The highest BCUT2D eigenvalue weighted by atomic mass is 35.5. The highest BCUT2D eigenvalue weighted by Crippen LogP contribution is 2.16. The first-order valence-corrected chi connectivity index (χ1v) is 7.28. The minimum absolute atomic E-state index is 0.101. The molecule has 0 aliphatic carbocycles. The zero-order valence-electron chi connectivity index (χ0n) is 11.8. The van der Waals surface area contributed by atoms with Crippen molar-refractivity contribution in [2.75, 3.05) is 33.3 Å². The second-order valence-corrected chi connectivity index (χ2v) is 5.89. The molecule has 1 aromatic carbocycles. The number of hydrogen-bond donors (Lipinski definition) is 1. The molecule has 1 atom stereocenters. The summed E-state index contributed by atoms with van der Waals surface area (Å²) in [5.41, 5.74) is 1.03. The normalized spacial score (nSPS) is 19.2. The number of halogens is 1. The predicted octanol–water partition coefficient (Wildman–Crippen LogP) is 1.61. The van der Waals surface area contributed by atoms with E-state index in [-0.39, 0.29) is 12.5 Å². The van der Waals surface area contributed by atoms with Crippen molar-refractivity contribution < 1.29 is 9.90 Å². The average Bonchev–Trinajstić information content (AvgIpc) is 2.86. The van der Waals surface area contributed by atoms with Gasteiger partial charge in [0.05, 0.1) is 6.54 Å². The van der Waals surface area contributed by atoms with Crippen molar-refractivity contribution in [2.24, 2.45) is 5.92 Å². The Bertz CT molecular complexity index is 467. The zero-order valence-corrected chi connectivity index (χ0v) is 12.5. The van der Waals surface area contributed by atoms with Crippen LogP contribution >= 0.6 is 11.6 Å². The number of likely N-dealkylation sites (N-methyl/N-ethyl adjacent to an activating group) is 1. The summed E-state index contributed by atoms with van der Waals surface area (Å²) in [4.78, 5) is 16.0. The lowest BCUT2D eigenvalue weighted by Crippen LogP contribution is -2.37. The number of aliphatic hydroxyl groups is 1. The number of likely N-dealkylation sites (tertiary alicyclic amines) is 1. The van der Waals surface area contributed by atoms with Crippen LogP contribution in [-0.4, -0.2) is 54.1 Å². The Labute approximate surface area is 124 Å². The molecule has 0 spiro atoms. The summed E-state index contributed by atoms with van der Waals surface area (Å²) >= 11 is 5.94. The van der Waals surface area contributed by atoms with Gasteiger partial charge < -0.3 is 10.0 Å². The number of carbonyl (C=O) groups excluding carboxylic acids is 1. The van der Waals surface area contributed by atoms with Crippen molar-refractivity contribution in [2.45, 2.75) is 13.0 Å². The Hall–Kier alpha value is -1.10. The van der Waals surface area contributed by atoms with Gasteiger partial charge in [0.15, 0.2) is 0 Å². The molecule has 0 radical (unpaired) electrons. The second kappa shape index (κ2) is 7.07. The van der Waals surface area contributed by atoms with E-state index >= 15 is 0 Å². The number of benzene rings is 1. The number of rotatable bonds is 5. The molecule has 5 heteroatoms. The number of aliphatic hydroxyl groups excluding tert-OH is 1. The van der Waals surface area contributed by atoms with Crippen molar-refractivity contribution >= 4 is 17.5 Å². The first-order chi connectivity index (χ1) is 9.58. The maximum Gasteiger partial charge on any atom is 0.236 e. The van der Waals surface area contributed by atoms with Gasteiger partial charge in [0.25, 0.3) is 0 Å². The van der Waals surface area contributed by atoms with Gasteiger partial charge in [-0.05, 0) is 36.6 Å². The highest BCUT2D eigenvalue weighted by molar-refractivity contribution is 6.30. The zero-order chi connectivity index (χ0) is 14.5. The Morgan fingerprint density at radius 1 is 1.55 bits per heavy atom. The third kappa shape index (κ3) is 4.20. The van der Waals surface area contributed by atoms with E-state index in [9.17, 15) is 4.79 Å². The number of nitrogens with zero attached hydrogens (tertiary/aromatic N) is 2. The van der Waals surface area contributed by atoms with Crippen molar-refractivity contribution in [3.8, 4) is 0 Å². The number of hydrogen-bond acceptors (Lipinski definition) is 3. The Balaban J connectivity index is 1.83. The highest BCUT2D eigenvalue weighted by Gasteiger charge is 2.24. The minimum Gasteiger partial charge on any atom is -0.396 e. The average molecular weight is 297 g/mol. The standard InChI is InChI=1S/C15H21ClN2O2/c1-17(8-12-3-2-4-14(16)7-12)15(20)10-18-6-5-13(9-18)11-19/h2-4,7,13,19H,5-6,8-11H2,1H3. The third-order valence-corrected chi connectivity index (χ3v) is 3.96. The van der Waals surface area contributed by atoms with Crippen molar-refractivity contribution in [3.63, 3.8) is 0 Å². The number of carbonyl (C=O) groups is 1. The summed E-state index contributed by atoms with van der Waals surface area (Å²) in [5.74, 6) is 0.421. The van der Waals surface area contributed by atoms with E-state index in [1.54, 1.807) is 4.90 Å². The van der Waals surface area contributed by atoms with Crippen LogP contribution in [0, 0.1) is 5.92 Å². The maximum atomic E-state index is 12.2. The van der Waals surface area contributed by atoms with E-state index in [1.165, 1.54) is 0 Å². The number of amides is 1. The van der Waals surface area contributed by atoms with Crippen LogP contribution in [0.1, 0.15) is 12.0 Å². The van der Waals surface area contributed by atoms with Gasteiger partial charge in [0, 0.05) is 31.8 Å². The first kappa shape index (κ1) is 15.3. The van der Waals surface area contributed by atoms with E-state index in [0.717, 1.165) is 25.1 Å². The van der Waals surface area contributed by atoms with Crippen LogP contribution in [0.15, 0.2) is 24.3 Å². The molecule has 0 saturated carbocycles. The molecule has 110 valence electrons. The summed E-state index contributed by atoms with van der Waals surface area (Å²) < 4.78 is 0. The molecule has 0 aromatic heterocycles. The Morgan fingerprint density at radius 3 is 3.00 bits per heavy atom. The molecular formula is C15H21ClN2O2. The van der Waals surface area contributed by atoms with Crippen LogP contribution in [0.4, 0.5) is 0 Å². The molecule has 1 aliphatic rings. The quantitative estimate of drug-likeness (QED) is 0.898. The van der Waals surface area contributed by atoms with Gasteiger partial charge in [0.1, 0.15) is 0 Å². The summed E-state index contributed by atoms with van der Waals surface area (Å²) in [6.45, 7) is 2.91. The smallest absolute Gasteiger partial charge is 0.236 e. The minimum atomic E-state index is 0.101. The Kier molecular flexibility index (Phi) is 5.40. The lowest BCUT2D eigenvalue weighted by atomic mass is 10.1. The van der Waals surface area contributed by atoms with Crippen LogP contribution < -0.4 is 0 Å². The van der Waals surface area contributed by atoms with E-state index in [4.69, 9.17) is 16.7 Å². The topological polar surface area (TPSA) is 43.8 Å². The van der Waals surface area contributed by atoms with Crippen molar-refractivity contribution in [3.05, 3.63) is 34.9 Å².